The van der Waals surface area contributed by atoms with E-state index in [9.17, 15) is 13.2 Å². The molecule has 7 heteroatoms. The van der Waals surface area contributed by atoms with Gasteiger partial charge in [-0.05, 0) is 81.0 Å². The van der Waals surface area contributed by atoms with Crippen LogP contribution in [0.15, 0.2) is 30.3 Å². The molecule has 2 rings (SSSR count). The van der Waals surface area contributed by atoms with Crippen LogP contribution in [0.5, 0.6) is 0 Å². The zero-order chi connectivity index (χ0) is 22.8. The molecule has 2 atom stereocenters. The number of hydrogen-bond acceptors (Lipinski definition) is 3. The number of nitrogens with zero attached hydrogens (tertiary/aromatic N) is 1. The van der Waals surface area contributed by atoms with E-state index >= 15 is 0 Å². The van der Waals surface area contributed by atoms with E-state index in [0.29, 0.717) is 17.1 Å². The largest absolute Gasteiger partial charge is 0.348 e. The molecule has 0 fully saturated rings. The van der Waals surface area contributed by atoms with Crippen LogP contribution >= 0.6 is 11.6 Å². The van der Waals surface area contributed by atoms with Gasteiger partial charge >= 0.3 is 0 Å². The Morgan fingerprint density at radius 3 is 2.20 bits per heavy atom. The van der Waals surface area contributed by atoms with Crippen LogP contribution in [0.1, 0.15) is 54.1 Å². The minimum atomic E-state index is -3.72. The fourth-order valence-electron chi connectivity index (χ4n) is 3.69. The smallest absolute Gasteiger partial charge is 0.244 e. The molecular weight excluding hydrogens is 420 g/mol. The molecule has 0 radical (unpaired) electrons. The number of halogens is 1. The average Bonchev–Trinajstić information content (AvgIpc) is 2.63. The highest BCUT2D eigenvalue weighted by Gasteiger charge is 2.33. The quantitative estimate of drug-likeness (QED) is 0.645. The maximum atomic E-state index is 13.2. The molecule has 0 bridgehead atoms. The molecule has 0 heterocycles. The molecule has 0 saturated carbocycles. The van der Waals surface area contributed by atoms with Crippen molar-refractivity contribution >= 4 is 33.2 Å². The van der Waals surface area contributed by atoms with Crippen LogP contribution in [-0.4, -0.2) is 26.6 Å². The summed E-state index contributed by atoms with van der Waals surface area (Å²) in [6.45, 7) is 11.6. The zero-order valence-electron chi connectivity index (χ0n) is 18.7. The van der Waals surface area contributed by atoms with Crippen molar-refractivity contribution in [3.63, 3.8) is 0 Å². The summed E-state index contributed by atoms with van der Waals surface area (Å²) in [5.74, 6) is -0.340. The Morgan fingerprint density at radius 1 is 1.03 bits per heavy atom. The average molecular weight is 451 g/mol. The summed E-state index contributed by atoms with van der Waals surface area (Å²) in [5, 5.41) is 3.43. The minimum absolute atomic E-state index is 0.257. The molecule has 5 nitrogen and oxygen atoms in total. The van der Waals surface area contributed by atoms with Gasteiger partial charge in [0.1, 0.15) is 6.04 Å². The molecule has 164 valence electrons. The van der Waals surface area contributed by atoms with Crippen molar-refractivity contribution in [2.24, 2.45) is 0 Å². The summed E-state index contributed by atoms with van der Waals surface area (Å²) in [5.41, 5.74) is 5.60. The van der Waals surface area contributed by atoms with Crippen molar-refractivity contribution in [1.29, 1.82) is 0 Å². The van der Waals surface area contributed by atoms with E-state index in [1.807, 2.05) is 20.8 Å². The van der Waals surface area contributed by atoms with Gasteiger partial charge in [-0.2, -0.15) is 0 Å². The highest BCUT2D eigenvalue weighted by molar-refractivity contribution is 7.92. The maximum Gasteiger partial charge on any atom is 0.244 e. The summed E-state index contributed by atoms with van der Waals surface area (Å²) >= 11 is 6.13. The van der Waals surface area contributed by atoms with Gasteiger partial charge in [0.25, 0.3) is 0 Å². The van der Waals surface area contributed by atoms with Gasteiger partial charge in [0.2, 0.25) is 15.9 Å². The Bertz CT molecular complexity index is 1050. The lowest BCUT2D eigenvalue weighted by atomic mass is 9.96. The molecule has 0 spiro atoms. The standard InChI is InChI=1S/C23H31ClN2O3S/c1-8-21(26(30(7,28)29)22-13-19(24)10-9-14(22)2)23(27)25-18(6)20-12-16(4)15(3)11-17(20)5/h9-13,18,21H,8H2,1-7H3,(H,25,27)/t18-,21+/m1/s1. The molecule has 2 aromatic carbocycles. The molecule has 0 aliphatic carbocycles. The summed E-state index contributed by atoms with van der Waals surface area (Å²) < 4.78 is 26.6. The third kappa shape index (κ3) is 5.35. The van der Waals surface area contributed by atoms with Crippen LogP contribution in [0.2, 0.25) is 5.02 Å². The fraction of sp³-hybridized carbons (Fsp3) is 0.435. The van der Waals surface area contributed by atoms with Crippen molar-refractivity contribution < 1.29 is 13.2 Å². The predicted molar refractivity (Wildman–Crippen MR) is 125 cm³/mol. The van der Waals surface area contributed by atoms with Gasteiger partial charge in [-0.15, -0.1) is 0 Å². The second-order valence-electron chi connectivity index (χ2n) is 7.94. The highest BCUT2D eigenvalue weighted by Crippen LogP contribution is 2.30. The number of amides is 1. The Balaban J connectivity index is 2.41. The Labute approximate surface area is 185 Å². The number of anilines is 1. The summed E-state index contributed by atoms with van der Waals surface area (Å²) in [6, 6.07) is 8.08. The van der Waals surface area contributed by atoms with E-state index in [-0.39, 0.29) is 11.9 Å². The monoisotopic (exact) mass is 450 g/mol. The number of rotatable bonds is 7. The molecule has 1 amide bonds. The van der Waals surface area contributed by atoms with Crippen molar-refractivity contribution in [1.82, 2.24) is 5.32 Å². The minimum Gasteiger partial charge on any atom is -0.348 e. The first-order valence-electron chi connectivity index (χ1n) is 10.0. The zero-order valence-corrected chi connectivity index (χ0v) is 20.3. The topological polar surface area (TPSA) is 66.5 Å². The van der Waals surface area contributed by atoms with Crippen molar-refractivity contribution in [3.05, 3.63) is 63.2 Å². The van der Waals surface area contributed by atoms with Crippen LogP contribution in [0, 0.1) is 27.7 Å². The molecule has 0 unspecified atom stereocenters. The van der Waals surface area contributed by atoms with Crippen molar-refractivity contribution in [2.75, 3.05) is 10.6 Å². The van der Waals surface area contributed by atoms with Gasteiger partial charge in [-0.1, -0.05) is 36.7 Å². The van der Waals surface area contributed by atoms with Gasteiger partial charge in [0.15, 0.2) is 0 Å². The van der Waals surface area contributed by atoms with E-state index in [1.165, 1.54) is 9.87 Å². The molecule has 0 saturated heterocycles. The molecule has 0 aliphatic heterocycles. The molecular formula is C23H31ClN2O3S. The number of nitrogens with one attached hydrogen (secondary N) is 1. The maximum absolute atomic E-state index is 13.2. The molecule has 0 aromatic heterocycles. The Hall–Kier alpha value is -2.05. The van der Waals surface area contributed by atoms with E-state index in [0.717, 1.165) is 28.5 Å². The normalized spacial score (nSPS) is 13.6. The fourth-order valence-corrected chi connectivity index (χ4v) is 5.12. The first-order valence-corrected chi connectivity index (χ1v) is 12.2. The second kappa shape index (κ2) is 9.40. The SMILES string of the molecule is CC[C@@H](C(=O)N[C@H](C)c1cc(C)c(C)cc1C)N(c1cc(Cl)ccc1C)S(C)(=O)=O. The van der Waals surface area contributed by atoms with E-state index in [1.54, 1.807) is 32.0 Å². The Kier molecular flexibility index (Phi) is 7.59. The number of carbonyl (C=O) groups excluding carboxylic acids is 1. The van der Waals surface area contributed by atoms with Gasteiger partial charge < -0.3 is 5.32 Å². The molecule has 1 N–H and O–H groups in total. The summed E-state index contributed by atoms with van der Waals surface area (Å²) in [4.78, 5) is 13.2. The van der Waals surface area contributed by atoms with Gasteiger partial charge in [-0.3, -0.25) is 9.10 Å². The summed E-state index contributed by atoms with van der Waals surface area (Å²) in [7, 11) is -3.72. The second-order valence-corrected chi connectivity index (χ2v) is 10.2. The Morgan fingerprint density at radius 2 is 1.63 bits per heavy atom. The number of aryl methyl sites for hydroxylation is 4. The van der Waals surface area contributed by atoms with Crippen LogP contribution in [-0.2, 0) is 14.8 Å². The lowest BCUT2D eigenvalue weighted by molar-refractivity contribution is -0.122. The van der Waals surface area contributed by atoms with Gasteiger partial charge in [0.05, 0.1) is 18.0 Å². The van der Waals surface area contributed by atoms with E-state index in [2.05, 4.69) is 24.4 Å². The molecule has 2 aromatic rings. The first kappa shape index (κ1) is 24.2. The first-order chi connectivity index (χ1) is 13.9. The van der Waals surface area contributed by atoms with E-state index in [4.69, 9.17) is 11.6 Å². The lowest BCUT2D eigenvalue weighted by Gasteiger charge is -2.32. The van der Waals surface area contributed by atoms with Gasteiger partial charge in [-0.25, -0.2) is 8.42 Å². The number of hydrogen-bond donors (Lipinski definition) is 1. The van der Waals surface area contributed by atoms with Crippen LogP contribution in [0.3, 0.4) is 0 Å². The number of sulfonamides is 1. The van der Waals surface area contributed by atoms with Gasteiger partial charge in [0, 0.05) is 5.02 Å². The van der Waals surface area contributed by atoms with Crippen molar-refractivity contribution in [2.45, 2.75) is 60.0 Å². The predicted octanol–water partition coefficient (Wildman–Crippen LogP) is 5.00. The highest BCUT2D eigenvalue weighted by atomic mass is 35.5. The number of carbonyl (C=O) groups is 1. The van der Waals surface area contributed by atoms with Crippen molar-refractivity contribution in [3.8, 4) is 0 Å². The van der Waals surface area contributed by atoms with Crippen LogP contribution in [0.4, 0.5) is 5.69 Å². The summed E-state index contributed by atoms with van der Waals surface area (Å²) in [6.07, 6.45) is 1.43. The van der Waals surface area contributed by atoms with E-state index < -0.39 is 16.1 Å². The van der Waals surface area contributed by atoms with Crippen LogP contribution < -0.4 is 9.62 Å². The lowest BCUT2D eigenvalue weighted by Crippen LogP contribution is -2.50. The third-order valence-electron chi connectivity index (χ3n) is 5.45. The van der Waals surface area contributed by atoms with Crippen LogP contribution in [0.25, 0.3) is 0 Å². The third-order valence-corrected chi connectivity index (χ3v) is 6.85. The molecule has 30 heavy (non-hydrogen) atoms. The number of benzene rings is 2. The molecule has 0 aliphatic rings.